The molecule has 5 amide bonds. The maximum atomic E-state index is 14.9. The second kappa shape index (κ2) is 20.9. The van der Waals surface area contributed by atoms with Crippen LogP contribution in [-0.4, -0.2) is 157 Å². The van der Waals surface area contributed by atoms with E-state index in [0.29, 0.717) is 93.2 Å². The maximum Gasteiger partial charge on any atom is 0.323 e. The SMILES string of the molecule is C=CC(=O)N1CCOC2(CCN(C(=O)N(C)[C@H](C(=O)N[C@H]3Cc4nc(cs4)-c4ccc5c(c4)c(c(-c4cccnc4[C@H](C)OC)n5CC)CC(C)(C)COC(=O)[C@@]4([SiH3])CCCN(N4)C3=O)C(C)C)CC2)C1. The number of carbonyl (C=O) groups excluding carboxylic acids is 5. The zero-order valence-corrected chi connectivity index (χ0v) is 45.7. The molecule has 1 spiro atoms. The Bertz CT molecular complexity index is 2680. The highest BCUT2D eigenvalue weighted by Gasteiger charge is 2.45. The molecule has 7 heterocycles. The van der Waals surface area contributed by atoms with Crippen molar-refractivity contribution in [1.82, 2.24) is 45.0 Å². The van der Waals surface area contributed by atoms with Crippen LogP contribution in [0.15, 0.2) is 54.6 Å². The highest BCUT2D eigenvalue weighted by molar-refractivity contribution is 7.10. The Balaban J connectivity index is 1.12. The summed E-state index contributed by atoms with van der Waals surface area (Å²) in [5, 5.41) is 7.13. The summed E-state index contributed by atoms with van der Waals surface area (Å²) in [6.07, 6.45) is 5.62. The molecule has 3 saturated heterocycles. The van der Waals surface area contributed by atoms with Crippen molar-refractivity contribution >= 4 is 62.2 Å². The number of piperidine rings is 1. The van der Waals surface area contributed by atoms with E-state index in [1.165, 1.54) is 27.3 Å². The molecule has 382 valence electrons. The van der Waals surface area contributed by atoms with Crippen LogP contribution in [-0.2, 0) is 52.8 Å². The van der Waals surface area contributed by atoms with Crippen LogP contribution < -0.4 is 10.7 Å². The van der Waals surface area contributed by atoms with E-state index in [1.54, 1.807) is 30.2 Å². The molecule has 4 aliphatic rings. The molecule has 17 nitrogen and oxygen atoms in total. The first-order valence-electron chi connectivity index (χ1n) is 25.0. The number of likely N-dealkylation sites (tertiary alicyclic amines) is 1. The highest BCUT2D eigenvalue weighted by Crippen LogP contribution is 2.42. The number of hydrazine groups is 1. The lowest BCUT2D eigenvalue weighted by molar-refractivity contribution is -0.158. The molecule has 8 rings (SSSR count). The number of fused-ring (bicyclic) bond motifs is 6. The van der Waals surface area contributed by atoms with Gasteiger partial charge in [-0.3, -0.25) is 29.2 Å². The number of cyclic esters (lactones) is 1. The fourth-order valence-electron chi connectivity index (χ4n) is 10.9. The minimum atomic E-state index is -1.10. The van der Waals surface area contributed by atoms with Gasteiger partial charge >= 0.3 is 12.0 Å². The Hall–Kier alpha value is -5.47. The lowest BCUT2D eigenvalue weighted by atomic mass is 9.84. The number of amides is 5. The van der Waals surface area contributed by atoms with Crippen molar-refractivity contribution in [2.75, 3.05) is 60.1 Å². The molecular formula is C52H71N9O8SSi. The number of esters is 1. The Labute approximate surface area is 424 Å². The molecule has 4 atom stereocenters. The molecule has 0 radical (unpaired) electrons. The first-order chi connectivity index (χ1) is 33.8. The average molecular weight is 1010 g/mol. The monoisotopic (exact) mass is 1010 g/mol. The molecule has 4 aliphatic heterocycles. The number of pyridine rings is 1. The molecule has 3 aromatic heterocycles. The highest BCUT2D eigenvalue weighted by atomic mass is 32.1. The molecular weight excluding hydrogens is 939 g/mol. The predicted octanol–water partition coefficient (Wildman–Crippen LogP) is 4.85. The Morgan fingerprint density at radius 2 is 1.86 bits per heavy atom. The van der Waals surface area contributed by atoms with Crippen LogP contribution in [0.4, 0.5) is 4.79 Å². The summed E-state index contributed by atoms with van der Waals surface area (Å²) >= 11 is 1.42. The number of nitrogens with zero attached hydrogens (tertiary/aromatic N) is 7. The fraction of sp³-hybridized carbons (Fsp3) is 0.558. The number of methoxy groups -OCH3 is 1. The van der Waals surface area contributed by atoms with E-state index in [4.69, 9.17) is 24.2 Å². The number of rotatable bonds is 9. The van der Waals surface area contributed by atoms with Crippen LogP contribution in [0.25, 0.3) is 33.4 Å². The number of hydrogen-bond acceptors (Lipinski definition) is 12. The van der Waals surface area contributed by atoms with E-state index >= 15 is 0 Å². The number of morpholine rings is 1. The number of likely N-dealkylation sites (N-methyl/N-ethyl adjacent to an activating group) is 1. The minimum Gasteiger partial charge on any atom is -0.464 e. The van der Waals surface area contributed by atoms with Gasteiger partial charge in [-0.25, -0.2) is 15.2 Å². The third-order valence-corrected chi connectivity index (χ3v) is 16.9. The summed E-state index contributed by atoms with van der Waals surface area (Å²) in [5.74, 6) is -1.75. The number of aryl methyl sites for hydroxylation is 1. The molecule has 0 unspecified atom stereocenters. The predicted molar refractivity (Wildman–Crippen MR) is 276 cm³/mol. The van der Waals surface area contributed by atoms with Crippen molar-refractivity contribution in [1.29, 1.82) is 0 Å². The number of ether oxygens (including phenoxy) is 3. The van der Waals surface area contributed by atoms with E-state index in [0.717, 1.165) is 44.7 Å². The van der Waals surface area contributed by atoms with Crippen LogP contribution in [0.1, 0.15) is 89.6 Å². The lowest BCUT2D eigenvalue weighted by Crippen LogP contribution is -2.68. The molecule has 0 saturated carbocycles. The fourth-order valence-corrected chi connectivity index (χ4v) is 12.5. The number of hydrogen-bond donors (Lipinski definition) is 2. The topological polar surface area (TPSA) is 181 Å². The molecule has 19 heteroatoms. The molecule has 1 aromatic carbocycles. The number of carbonyl (C=O) groups is 5. The molecule has 2 N–H and O–H groups in total. The van der Waals surface area contributed by atoms with Gasteiger partial charge < -0.3 is 38.8 Å². The zero-order valence-electron chi connectivity index (χ0n) is 42.8. The van der Waals surface area contributed by atoms with Gasteiger partial charge in [-0.05, 0) is 87.8 Å². The summed E-state index contributed by atoms with van der Waals surface area (Å²) in [7, 11) is 3.66. The van der Waals surface area contributed by atoms with Gasteiger partial charge in [0, 0.05) is 103 Å². The van der Waals surface area contributed by atoms with Gasteiger partial charge in [0.05, 0.1) is 53.6 Å². The van der Waals surface area contributed by atoms with Crippen molar-refractivity contribution in [2.45, 2.75) is 116 Å². The maximum absolute atomic E-state index is 14.9. The van der Waals surface area contributed by atoms with E-state index in [9.17, 15) is 24.0 Å². The molecule has 71 heavy (non-hydrogen) atoms. The van der Waals surface area contributed by atoms with Crippen LogP contribution >= 0.6 is 11.3 Å². The van der Waals surface area contributed by atoms with Crippen LogP contribution in [0, 0.1) is 11.3 Å². The first kappa shape index (κ1) is 51.9. The van der Waals surface area contributed by atoms with Crippen molar-refractivity contribution in [3.63, 3.8) is 0 Å². The number of aromatic nitrogens is 3. The number of benzene rings is 1. The van der Waals surface area contributed by atoms with Crippen molar-refractivity contribution in [3.8, 4) is 22.5 Å². The molecule has 4 aromatic rings. The Kier molecular flexibility index (Phi) is 15.3. The van der Waals surface area contributed by atoms with E-state index in [2.05, 4.69) is 66.9 Å². The van der Waals surface area contributed by atoms with Gasteiger partial charge in [0.25, 0.3) is 5.91 Å². The van der Waals surface area contributed by atoms with Gasteiger partial charge in [0.1, 0.15) is 17.2 Å². The summed E-state index contributed by atoms with van der Waals surface area (Å²) < 4.78 is 20.6. The van der Waals surface area contributed by atoms with Gasteiger partial charge in [-0.2, -0.15) is 0 Å². The van der Waals surface area contributed by atoms with Crippen LogP contribution in [0.5, 0.6) is 0 Å². The lowest BCUT2D eigenvalue weighted by Gasteiger charge is -2.47. The standard InChI is InChI=1S/C52H71N9O8SSi/c1-10-42(62)59-24-25-69-51(30-59)18-22-58(23-19-51)49(66)57(8)44(32(3)4)46(63)55-38-27-41-54-39(29-70-41)34-15-16-40-36(26-34)37(45(60(40)11-2)35-14-12-20-53-43(35)33(5)67-9)28-50(6,7)31-68-48(65)52(71)17-13-21-61(56-52)47(38)64/h10,12,14-16,20,26,29,32-33,38,44,56H,1,11,13,17-19,21-25,27-28,30-31H2,2-9,71H3,(H,55,63)/t33-,38-,44-,52-/m0/s1. The smallest absolute Gasteiger partial charge is 0.323 e. The second-order valence-corrected chi connectivity index (χ2v) is 23.7. The van der Waals surface area contributed by atoms with E-state index < -0.39 is 46.0 Å². The molecule has 6 bridgehead atoms. The summed E-state index contributed by atoms with van der Waals surface area (Å²) in [6.45, 7) is 19.0. The molecule has 3 fully saturated rings. The normalized spacial score (nSPS) is 22.5. The van der Waals surface area contributed by atoms with Gasteiger partial charge in [-0.15, -0.1) is 11.3 Å². The largest absolute Gasteiger partial charge is 0.464 e. The quantitative estimate of drug-likeness (QED) is 0.133. The van der Waals surface area contributed by atoms with Crippen LogP contribution in [0.3, 0.4) is 0 Å². The number of nitrogens with one attached hydrogen (secondary N) is 2. The minimum absolute atomic E-state index is 0.0770. The van der Waals surface area contributed by atoms with E-state index in [1.807, 2.05) is 32.2 Å². The van der Waals surface area contributed by atoms with Crippen LogP contribution in [0.2, 0.25) is 0 Å². The summed E-state index contributed by atoms with van der Waals surface area (Å²) in [4.78, 5) is 85.5. The first-order valence-corrected chi connectivity index (χ1v) is 26.9. The average Bonchev–Trinajstić information content (AvgIpc) is 3.95. The van der Waals surface area contributed by atoms with Gasteiger partial charge in [0.15, 0.2) is 0 Å². The third-order valence-electron chi connectivity index (χ3n) is 14.9. The third kappa shape index (κ3) is 10.6. The zero-order chi connectivity index (χ0) is 51.0. The Morgan fingerprint density at radius 1 is 1.10 bits per heavy atom. The van der Waals surface area contributed by atoms with Gasteiger partial charge in [0.2, 0.25) is 11.8 Å². The number of urea groups is 1. The van der Waals surface area contributed by atoms with E-state index in [-0.39, 0.29) is 37.0 Å². The summed E-state index contributed by atoms with van der Waals surface area (Å²) in [6, 6.07) is 8.12. The second-order valence-electron chi connectivity index (χ2n) is 21.0. The molecule has 0 aliphatic carbocycles. The van der Waals surface area contributed by atoms with Crippen molar-refractivity contribution in [2.24, 2.45) is 11.3 Å². The van der Waals surface area contributed by atoms with Gasteiger partial charge in [-0.1, -0.05) is 40.3 Å². The summed E-state index contributed by atoms with van der Waals surface area (Å²) in [5.41, 5.74) is 8.87. The van der Waals surface area contributed by atoms with Crippen molar-refractivity contribution < 1.29 is 38.2 Å². The Morgan fingerprint density at radius 3 is 2.56 bits per heavy atom. The van der Waals surface area contributed by atoms with Crippen molar-refractivity contribution in [3.05, 3.63) is 70.8 Å². The number of thiazole rings is 1.